The monoisotopic (exact) mass is 157 g/mol. The van der Waals surface area contributed by atoms with E-state index in [0.717, 1.165) is 13.3 Å². The van der Waals surface area contributed by atoms with Crippen LogP contribution in [0.3, 0.4) is 0 Å². The first-order valence-corrected chi connectivity index (χ1v) is 4.59. The molecule has 0 aliphatic carbocycles. The summed E-state index contributed by atoms with van der Waals surface area (Å²) in [6, 6.07) is 0. The van der Waals surface area contributed by atoms with Crippen molar-refractivity contribution < 1.29 is 4.74 Å². The predicted octanol–water partition coefficient (Wildman–Crippen LogP) is 1.71. The highest BCUT2D eigenvalue weighted by atomic mass is 16.5. The lowest BCUT2D eigenvalue weighted by Gasteiger charge is -2.15. The average Bonchev–Trinajstić information content (AvgIpc) is 2.39. The van der Waals surface area contributed by atoms with Crippen LogP contribution in [-0.4, -0.2) is 31.3 Å². The number of ether oxygens (including phenoxy) is 1. The first-order valence-electron chi connectivity index (χ1n) is 4.59. The van der Waals surface area contributed by atoms with E-state index in [4.69, 9.17) is 4.74 Å². The van der Waals surface area contributed by atoms with Crippen molar-refractivity contribution in [2.75, 3.05) is 26.4 Å². The Hall–Kier alpha value is -0.0800. The highest BCUT2D eigenvalue weighted by Gasteiger charge is 2.10. The third-order valence-electron chi connectivity index (χ3n) is 1.92. The van der Waals surface area contributed by atoms with Crippen molar-refractivity contribution in [2.24, 2.45) is 5.92 Å². The summed E-state index contributed by atoms with van der Waals surface area (Å²) in [7, 11) is 0. The van der Waals surface area contributed by atoms with Gasteiger partial charge in [0, 0.05) is 13.1 Å². The minimum atomic E-state index is 0.664. The van der Waals surface area contributed by atoms with E-state index < -0.39 is 0 Å². The Bertz CT molecular complexity index is 97.7. The van der Waals surface area contributed by atoms with Crippen LogP contribution in [0.5, 0.6) is 0 Å². The maximum atomic E-state index is 5.50. The lowest BCUT2D eigenvalue weighted by Crippen LogP contribution is -2.23. The van der Waals surface area contributed by atoms with E-state index in [1.807, 2.05) is 0 Å². The van der Waals surface area contributed by atoms with Crippen molar-refractivity contribution >= 4 is 0 Å². The second kappa shape index (κ2) is 4.73. The van der Waals surface area contributed by atoms with Gasteiger partial charge in [0.05, 0.1) is 13.3 Å². The van der Waals surface area contributed by atoms with Crippen LogP contribution in [0, 0.1) is 5.92 Å². The molecule has 0 unspecified atom stereocenters. The Balaban J connectivity index is 1.94. The van der Waals surface area contributed by atoms with E-state index in [-0.39, 0.29) is 0 Å². The molecule has 1 saturated heterocycles. The largest absolute Gasteiger partial charge is 0.366 e. The average molecular weight is 157 g/mol. The zero-order valence-corrected chi connectivity index (χ0v) is 7.68. The molecule has 2 heteroatoms. The maximum Gasteiger partial charge on any atom is 0.0990 e. The van der Waals surface area contributed by atoms with Crippen LogP contribution in [0.15, 0.2) is 0 Å². The van der Waals surface area contributed by atoms with Gasteiger partial charge in [-0.25, -0.2) is 0 Å². The van der Waals surface area contributed by atoms with Crippen LogP contribution in [0.1, 0.15) is 26.7 Å². The highest BCUT2D eigenvalue weighted by Crippen LogP contribution is 2.06. The second-order valence-electron chi connectivity index (χ2n) is 3.72. The number of nitrogens with zero attached hydrogens (tertiary/aromatic N) is 1. The van der Waals surface area contributed by atoms with Gasteiger partial charge in [-0.05, 0) is 18.8 Å². The van der Waals surface area contributed by atoms with Gasteiger partial charge in [-0.15, -0.1) is 0 Å². The molecule has 1 rings (SSSR count). The molecule has 0 radical (unpaired) electrons. The fourth-order valence-corrected chi connectivity index (χ4v) is 1.33. The molecule has 1 aliphatic rings. The van der Waals surface area contributed by atoms with E-state index in [2.05, 4.69) is 18.7 Å². The molecule has 11 heavy (non-hydrogen) atoms. The van der Waals surface area contributed by atoms with Crippen LogP contribution in [-0.2, 0) is 4.74 Å². The van der Waals surface area contributed by atoms with Crippen LogP contribution < -0.4 is 0 Å². The van der Waals surface area contributed by atoms with E-state index in [1.165, 1.54) is 25.9 Å². The lowest BCUT2D eigenvalue weighted by molar-refractivity contribution is 0.0277. The summed E-state index contributed by atoms with van der Waals surface area (Å²) in [6.07, 6.45) is 2.70. The van der Waals surface area contributed by atoms with E-state index in [1.54, 1.807) is 0 Å². The Morgan fingerprint density at radius 1 is 1.27 bits per heavy atom. The summed E-state index contributed by atoms with van der Waals surface area (Å²) in [6.45, 7) is 8.58. The van der Waals surface area contributed by atoms with Crippen molar-refractivity contribution in [3.8, 4) is 0 Å². The number of hydrogen-bond donors (Lipinski definition) is 0. The first-order chi connectivity index (χ1) is 5.29. The highest BCUT2D eigenvalue weighted by molar-refractivity contribution is 4.62. The van der Waals surface area contributed by atoms with Crippen molar-refractivity contribution in [1.82, 2.24) is 4.90 Å². The van der Waals surface area contributed by atoms with Gasteiger partial charge in [-0.2, -0.15) is 0 Å². The SMILES string of the molecule is CC(C)COCN1CCCC1. The van der Waals surface area contributed by atoms with Crippen molar-refractivity contribution in [2.45, 2.75) is 26.7 Å². The standard InChI is InChI=1S/C9H19NO/c1-9(2)7-11-8-10-5-3-4-6-10/h9H,3-8H2,1-2H3. The Morgan fingerprint density at radius 3 is 2.45 bits per heavy atom. The molecule has 2 nitrogen and oxygen atoms in total. The summed E-state index contributed by atoms with van der Waals surface area (Å²) in [4.78, 5) is 2.38. The summed E-state index contributed by atoms with van der Waals surface area (Å²) in [5, 5.41) is 0. The fourth-order valence-electron chi connectivity index (χ4n) is 1.33. The van der Waals surface area contributed by atoms with Gasteiger partial charge in [0.25, 0.3) is 0 Å². The molecular weight excluding hydrogens is 138 g/mol. The molecule has 0 atom stereocenters. The zero-order chi connectivity index (χ0) is 8.10. The number of hydrogen-bond acceptors (Lipinski definition) is 2. The van der Waals surface area contributed by atoms with Gasteiger partial charge in [0.1, 0.15) is 0 Å². The minimum Gasteiger partial charge on any atom is -0.366 e. The molecule has 0 bridgehead atoms. The molecule has 66 valence electrons. The summed E-state index contributed by atoms with van der Waals surface area (Å²) < 4.78 is 5.50. The second-order valence-corrected chi connectivity index (χ2v) is 3.72. The Kier molecular flexibility index (Phi) is 3.87. The van der Waals surface area contributed by atoms with Crippen molar-refractivity contribution in [3.05, 3.63) is 0 Å². The van der Waals surface area contributed by atoms with Gasteiger partial charge >= 0.3 is 0 Å². The summed E-state index contributed by atoms with van der Waals surface area (Å²) in [5.41, 5.74) is 0. The molecule has 0 aromatic carbocycles. The van der Waals surface area contributed by atoms with Gasteiger partial charge in [-0.3, -0.25) is 4.90 Å². The summed E-state index contributed by atoms with van der Waals surface area (Å²) >= 11 is 0. The zero-order valence-electron chi connectivity index (χ0n) is 7.68. The van der Waals surface area contributed by atoms with Crippen molar-refractivity contribution in [1.29, 1.82) is 0 Å². The first kappa shape index (κ1) is 9.01. The topological polar surface area (TPSA) is 12.5 Å². The minimum absolute atomic E-state index is 0.664. The van der Waals surface area contributed by atoms with Crippen LogP contribution in [0.2, 0.25) is 0 Å². The third-order valence-corrected chi connectivity index (χ3v) is 1.92. The molecule has 1 heterocycles. The summed E-state index contributed by atoms with van der Waals surface area (Å²) in [5.74, 6) is 0.664. The van der Waals surface area contributed by atoms with E-state index in [9.17, 15) is 0 Å². The molecule has 0 aromatic rings. The fraction of sp³-hybridized carbons (Fsp3) is 1.00. The molecule has 0 N–H and O–H groups in total. The smallest absolute Gasteiger partial charge is 0.0990 e. The molecule has 1 fully saturated rings. The van der Waals surface area contributed by atoms with E-state index >= 15 is 0 Å². The van der Waals surface area contributed by atoms with Crippen LogP contribution in [0.25, 0.3) is 0 Å². The van der Waals surface area contributed by atoms with Gasteiger partial charge in [-0.1, -0.05) is 13.8 Å². The van der Waals surface area contributed by atoms with Gasteiger partial charge in [0.15, 0.2) is 0 Å². The van der Waals surface area contributed by atoms with Crippen LogP contribution in [0.4, 0.5) is 0 Å². The molecule has 0 saturated carbocycles. The lowest BCUT2D eigenvalue weighted by atomic mass is 10.2. The van der Waals surface area contributed by atoms with Gasteiger partial charge in [0.2, 0.25) is 0 Å². The number of rotatable bonds is 4. The predicted molar refractivity (Wildman–Crippen MR) is 46.5 cm³/mol. The molecule has 1 aliphatic heterocycles. The van der Waals surface area contributed by atoms with Gasteiger partial charge < -0.3 is 4.74 Å². The third kappa shape index (κ3) is 3.73. The molecule has 0 aromatic heterocycles. The quantitative estimate of drug-likeness (QED) is 0.616. The van der Waals surface area contributed by atoms with E-state index in [0.29, 0.717) is 5.92 Å². The molecule has 0 spiro atoms. The molecule has 0 amide bonds. The maximum absolute atomic E-state index is 5.50. The van der Waals surface area contributed by atoms with Crippen molar-refractivity contribution in [3.63, 3.8) is 0 Å². The van der Waals surface area contributed by atoms with Crippen LogP contribution >= 0.6 is 0 Å². The number of likely N-dealkylation sites (tertiary alicyclic amines) is 1. The normalized spacial score (nSPS) is 19.9. The molecular formula is C9H19NO. The Labute approximate surface area is 69.5 Å². The Morgan fingerprint density at radius 2 is 1.91 bits per heavy atom.